The van der Waals surface area contributed by atoms with E-state index in [-0.39, 0.29) is 12.7 Å². The molecule has 0 aromatic heterocycles. The highest BCUT2D eigenvalue weighted by Crippen LogP contribution is 2.29. The van der Waals surface area contributed by atoms with Gasteiger partial charge in [0.05, 0.1) is 5.60 Å². The zero-order valence-electron chi connectivity index (χ0n) is 23.2. The van der Waals surface area contributed by atoms with E-state index in [1.54, 1.807) is 4.90 Å². The van der Waals surface area contributed by atoms with Gasteiger partial charge in [0.1, 0.15) is 19.0 Å². The van der Waals surface area contributed by atoms with E-state index < -0.39 is 5.60 Å². The molecular formula is C32H37BrClN3O4. The fraction of sp³-hybridized carbons (Fsp3) is 0.406. The van der Waals surface area contributed by atoms with Crippen LogP contribution >= 0.6 is 27.5 Å². The van der Waals surface area contributed by atoms with Crippen LogP contribution in [0.25, 0.3) is 0 Å². The average Bonchev–Trinajstić information content (AvgIpc) is 2.98. The number of rotatable bonds is 9. The van der Waals surface area contributed by atoms with Gasteiger partial charge in [-0.05, 0) is 54.3 Å². The first kappa shape index (κ1) is 29.9. The van der Waals surface area contributed by atoms with E-state index >= 15 is 0 Å². The van der Waals surface area contributed by atoms with Crippen LogP contribution in [0.1, 0.15) is 29.5 Å². The number of hydrogen-bond acceptors (Lipinski definition) is 6. The smallest absolute Gasteiger partial charge is 0.410 e. The zero-order chi connectivity index (χ0) is 28.7. The molecule has 9 heteroatoms. The molecule has 0 unspecified atom stereocenters. The number of β-amino-alcohol motifs (C(OH)–C–C–N with tert-alkyl or cyclic N) is 1. The Kier molecular flexibility index (Phi) is 10.2. The number of amides is 1. The number of carbonyl (C=O) groups is 1. The third-order valence-electron chi connectivity index (χ3n) is 7.86. The lowest BCUT2D eigenvalue weighted by atomic mass is 9.90. The summed E-state index contributed by atoms with van der Waals surface area (Å²) in [4.78, 5) is 18.9. The Morgan fingerprint density at radius 1 is 0.854 bits per heavy atom. The van der Waals surface area contributed by atoms with Crippen molar-refractivity contribution in [1.82, 2.24) is 14.7 Å². The Balaban J connectivity index is 1.06. The molecule has 2 aliphatic rings. The van der Waals surface area contributed by atoms with Gasteiger partial charge in [-0.3, -0.25) is 9.80 Å². The Labute approximate surface area is 255 Å². The second-order valence-electron chi connectivity index (χ2n) is 11.0. The molecule has 0 saturated carbocycles. The SMILES string of the molecule is O=C(OCc1ccccc1)N1CCN(CC2(O)CCN(Cc3cc(Br)ccc3OCc3ccc(Cl)cc3)CC2)CC1. The molecule has 0 spiro atoms. The number of nitrogens with zero attached hydrogens (tertiary/aromatic N) is 3. The number of hydrogen-bond donors (Lipinski definition) is 1. The van der Waals surface area contributed by atoms with Crippen molar-refractivity contribution in [3.05, 3.63) is 99.0 Å². The quantitative estimate of drug-likeness (QED) is 0.311. The van der Waals surface area contributed by atoms with Gasteiger partial charge < -0.3 is 19.5 Å². The molecule has 0 atom stereocenters. The summed E-state index contributed by atoms with van der Waals surface area (Å²) in [7, 11) is 0. The maximum atomic E-state index is 12.5. The lowest BCUT2D eigenvalue weighted by Crippen LogP contribution is -2.55. The Hall–Kier alpha value is -2.62. The van der Waals surface area contributed by atoms with Crippen molar-refractivity contribution in [3.8, 4) is 5.75 Å². The number of aliphatic hydroxyl groups is 1. The van der Waals surface area contributed by atoms with Crippen LogP contribution in [0.4, 0.5) is 4.79 Å². The maximum absolute atomic E-state index is 12.5. The normalized spacial score (nSPS) is 17.8. The fourth-order valence-electron chi connectivity index (χ4n) is 5.40. The van der Waals surface area contributed by atoms with Gasteiger partial charge in [-0.15, -0.1) is 0 Å². The summed E-state index contributed by atoms with van der Waals surface area (Å²) < 4.78 is 12.7. The van der Waals surface area contributed by atoms with Crippen LogP contribution in [0.5, 0.6) is 5.75 Å². The molecule has 1 amide bonds. The van der Waals surface area contributed by atoms with Crippen LogP contribution in [0, 0.1) is 0 Å². The van der Waals surface area contributed by atoms with Crippen molar-refractivity contribution in [2.24, 2.45) is 0 Å². The number of piperidine rings is 1. The van der Waals surface area contributed by atoms with Gasteiger partial charge in [-0.1, -0.05) is 70.0 Å². The number of piperazine rings is 1. The first-order valence-corrected chi connectivity index (χ1v) is 15.3. The molecule has 0 aliphatic carbocycles. The molecular weight excluding hydrogens is 606 g/mol. The van der Waals surface area contributed by atoms with Gasteiger partial charge in [-0.2, -0.15) is 0 Å². The van der Waals surface area contributed by atoms with E-state index in [1.807, 2.05) is 66.7 Å². The fourth-order valence-corrected chi connectivity index (χ4v) is 5.93. The second-order valence-corrected chi connectivity index (χ2v) is 12.3. The molecule has 3 aromatic carbocycles. The minimum Gasteiger partial charge on any atom is -0.489 e. The van der Waals surface area contributed by atoms with E-state index in [1.165, 1.54) is 0 Å². The molecule has 0 radical (unpaired) electrons. The van der Waals surface area contributed by atoms with Crippen LogP contribution in [-0.2, 0) is 24.5 Å². The van der Waals surface area contributed by atoms with Crippen LogP contribution in [0.15, 0.2) is 77.3 Å². The summed E-state index contributed by atoms with van der Waals surface area (Å²) in [6.07, 6.45) is 1.15. The predicted molar refractivity (Wildman–Crippen MR) is 164 cm³/mol. The van der Waals surface area contributed by atoms with Crippen LogP contribution in [0.3, 0.4) is 0 Å². The van der Waals surface area contributed by atoms with E-state index in [9.17, 15) is 9.90 Å². The van der Waals surface area contributed by atoms with Gasteiger partial charge in [0.25, 0.3) is 0 Å². The topological polar surface area (TPSA) is 65.5 Å². The number of ether oxygens (including phenoxy) is 2. The number of halogens is 2. The summed E-state index contributed by atoms with van der Waals surface area (Å²) in [5.41, 5.74) is 2.44. The Bertz CT molecular complexity index is 1280. The van der Waals surface area contributed by atoms with Gasteiger partial charge >= 0.3 is 6.09 Å². The maximum Gasteiger partial charge on any atom is 0.410 e. The van der Waals surface area contributed by atoms with E-state index in [0.717, 1.165) is 59.6 Å². The van der Waals surface area contributed by atoms with E-state index in [0.29, 0.717) is 44.1 Å². The Morgan fingerprint density at radius 3 is 2.24 bits per heavy atom. The number of likely N-dealkylation sites (tertiary alicyclic amines) is 1. The van der Waals surface area contributed by atoms with Crippen molar-refractivity contribution >= 4 is 33.6 Å². The average molecular weight is 643 g/mol. The van der Waals surface area contributed by atoms with Gasteiger partial charge in [-0.25, -0.2) is 4.79 Å². The molecule has 2 aliphatic heterocycles. The zero-order valence-corrected chi connectivity index (χ0v) is 25.5. The minimum atomic E-state index is -0.725. The standard InChI is InChI=1S/C32H37BrClN3O4/c33-28-8-11-30(40-22-26-6-9-29(34)10-7-26)27(20-28)21-35-14-12-32(39,13-15-35)24-36-16-18-37(19-17-36)31(38)41-23-25-4-2-1-3-5-25/h1-11,20,39H,12-19,21-24H2. The molecule has 0 bridgehead atoms. The third kappa shape index (κ3) is 8.69. The molecule has 41 heavy (non-hydrogen) atoms. The first-order valence-electron chi connectivity index (χ1n) is 14.1. The van der Waals surface area contributed by atoms with E-state index in [4.69, 9.17) is 21.1 Å². The summed E-state index contributed by atoms with van der Waals surface area (Å²) in [6, 6.07) is 23.5. The molecule has 218 valence electrons. The molecule has 5 rings (SSSR count). The summed E-state index contributed by atoms with van der Waals surface area (Å²) >= 11 is 9.61. The molecule has 1 N–H and O–H groups in total. The second kappa shape index (κ2) is 14.0. The molecule has 7 nitrogen and oxygen atoms in total. The largest absolute Gasteiger partial charge is 0.489 e. The Morgan fingerprint density at radius 2 is 1.54 bits per heavy atom. The predicted octanol–water partition coefficient (Wildman–Crippen LogP) is 5.96. The monoisotopic (exact) mass is 641 g/mol. The molecule has 2 saturated heterocycles. The van der Waals surface area contributed by atoms with Crippen molar-refractivity contribution in [2.75, 3.05) is 45.8 Å². The van der Waals surface area contributed by atoms with Crippen molar-refractivity contribution in [2.45, 2.75) is 38.2 Å². The van der Waals surface area contributed by atoms with Gasteiger partial charge in [0.2, 0.25) is 0 Å². The van der Waals surface area contributed by atoms with E-state index in [2.05, 4.69) is 31.8 Å². The third-order valence-corrected chi connectivity index (χ3v) is 8.61. The van der Waals surface area contributed by atoms with Crippen LogP contribution < -0.4 is 4.74 Å². The molecule has 2 fully saturated rings. The number of benzene rings is 3. The van der Waals surface area contributed by atoms with Crippen LogP contribution in [0.2, 0.25) is 5.02 Å². The molecule has 2 heterocycles. The first-order chi connectivity index (χ1) is 19.8. The van der Waals surface area contributed by atoms with Gasteiger partial charge in [0.15, 0.2) is 0 Å². The summed E-state index contributed by atoms with van der Waals surface area (Å²) in [6.45, 7) is 6.45. The highest BCUT2D eigenvalue weighted by atomic mass is 79.9. The highest BCUT2D eigenvalue weighted by molar-refractivity contribution is 9.10. The van der Waals surface area contributed by atoms with Crippen LogP contribution in [-0.4, -0.2) is 77.3 Å². The lowest BCUT2D eigenvalue weighted by molar-refractivity contribution is -0.0532. The van der Waals surface area contributed by atoms with Crippen molar-refractivity contribution in [1.29, 1.82) is 0 Å². The van der Waals surface area contributed by atoms with Crippen molar-refractivity contribution in [3.63, 3.8) is 0 Å². The number of carbonyl (C=O) groups excluding carboxylic acids is 1. The summed E-state index contributed by atoms with van der Waals surface area (Å²) in [5.74, 6) is 0.865. The summed E-state index contributed by atoms with van der Waals surface area (Å²) in [5, 5.41) is 12.1. The van der Waals surface area contributed by atoms with Crippen molar-refractivity contribution < 1.29 is 19.4 Å². The minimum absolute atomic E-state index is 0.274. The van der Waals surface area contributed by atoms with Gasteiger partial charge in [0, 0.05) is 67.4 Å². The highest BCUT2D eigenvalue weighted by Gasteiger charge is 2.35. The molecule has 3 aromatic rings. The lowest BCUT2D eigenvalue weighted by Gasteiger charge is -2.43.